The molecule has 84 valence electrons. The summed E-state index contributed by atoms with van der Waals surface area (Å²) in [6, 6.07) is 1.20. The van der Waals surface area contributed by atoms with E-state index in [-0.39, 0.29) is 17.8 Å². The van der Waals surface area contributed by atoms with Gasteiger partial charge in [-0.15, -0.1) is 0 Å². The van der Waals surface area contributed by atoms with Crippen LogP contribution in [0.4, 0.5) is 5.82 Å². The number of nitrogens with zero attached hydrogens (tertiary/aromatic N) is 3. The molecule has 0 aromatic carbocycles. The van der Waals surface area contributed by atoms with Crippen LogP contribution in [0.1, 0.15) is 29.3 Å². The average molecular weight is 221 g/mol. The summed E-state index contributed by atoms with van der Waals surface area (Å²) in [5.41, 5.74) is 5.70. The largest absolute Gasteiger partial charge is 0.382 e. The Kier molecular flexibility index (Phi) is 2.54. The SMILES string of the molecule is CC(NC(=O)c1cc(N)n[nH]1)c1ncn[nH]1. The summed E-state index contributed by atoms with van der Waals surface area (Å²) in [4.78, 5) is 15.6. The first-order valence-corrected chi connectivity index (χ1v) is 4.64. The quantitative estimate of drug-likeness (QED) is 0.561. The van der Waals surface area contributed by atoms with E-state index in [0.717, 1.165) is 0 Å². The molecule has 0 saturated carbocycles. The highest BCUT2D eigenvalue weighted by molar-refractivity contribution is 5.93. The van der Waals surface area contributed by atoms with Crippen LogP contribution in [0.3, 0.4) is 0 Å². The lowest BCUT2D eigenvalue weighted by molar-refractivity contribution is 0.0933. The van der Waals surface area contributed by atoms with Crippen molar-refractivity contribution in [1.29, 1.82) is 0 Å². The number of rotatable bonds is 3. The van der Waals surface area contributed by atoms with Gasteiger partial charge in [-0.1, -0.05) is 0 Å². The van der Waals surface area contributed by atoms with E-state index in [4.69, 9.17) is 5.73 Å². The van der Waals surface area contributed by atoms with Crippen molar-refractivity contribution in [3.63, 3.8) is 0 Å². The van der Waals surface area contributed by atoms with Crippen LogP contribution in [0.2, 0.25) is 0 Å². The number of hydrogen-bond donors (Lipinski definition) is 4. The molecule has 8 heteroatoms. The molecule has 0 bridgehead atoms. The molecular formula is C8H11N7O. The molecule has 2 heterocycles. The minimum Gasteiger partial charge on any atom is -0.382 e. The number of nitrogens with two attached hydrogens (primary N) is 1. The van der Waals surface area contributed by atoms with Crippen molar-refractivity contribution < 1.29 is 4.79 Å². The Labute approximate surface area is 90.6 Å². The van der Waals surface area contributed by atoms with Crippen LogP contribution in [0.5, 0.6) is 0 Å². The first-order valence-electron chi connectivity index (χ1n) is 4.64. The van der Waals surface area contributed by atoms with Crippen molar-refractivity contribution in [1.82, 2.24) is 30.7 Å². The minimum atomic E-state index is -0.298. The van der Waals surface area contributed by atoms with E-state index in [0.29, 0.717) is 11.5 Å². The normalized spacial score (nSPS) is 12.3. The summed E-state index contributed by atoms with van der Waals surface area (Å²) in [5.74, 6) is 0.561. The van der Waals surface area contributed by atoms with E-state index in [1.807, 2.05) is 0 Å². The molecule has 0 aliphatic rings. The Bertz CT molecular complexity index is 474. The molecule has 2 aromatic rings. The van der Waals surface area contributed by atoms with Crippen molar-refractivity contribution in [3.05, 3.63) is 23.9 Å². The van der Waals surface area contributed by atoms with Crippen LogP contribution >= 0.6 is 0 Å². The fraction of sp³-hybridized carbons (Fsp3) is 0.250. The maximum Gasteiger partial charge on any atom is 0.269 e. The smallest absolute Gasteiger partial charge is 0.269 e. The lowest BCUT2D eigenvalue weighted by Crippen LogP contribution is -2.27. The van der Waals surface area contributed by atoms with Crippen molar-refractivity contribution >= 4 is 11.7 Å². The Hall–Kier alpha value is -2.38. The molecule has 1 atom stereocenters. The number of carbonyl (C=O) groups excluding carboxylic acids is 1. The van der Waals surface area contributed by atoms with Gasteiger partial charge in [-0.3, -0.25) is 15.0 Å². The number of nitrogen functional groups attached to an aromatic ring is 1. The number of amides is 1. The van der Waals surface area contributed by atoms with Gasteiger partial charge in [-0.25, -0.2) is 4.98 Å². The predicted molar refractivity (Wildman–Crippen MR) is 55.3 cm³/mol. The second kappa shape index (κ2) is 4.01. The van der Waals surface area contributed by atoms with Crippen LogP contribution in [0.25, 0.3) is 0 Å². The van der Waals surface area contributed by atoms with Crippen LogP contribution in [0.15, 0.2) is 12.4 Å². The maximum absolute atomic E-state index is 11.7. The summed E-state index contributed by atoms with van der Waals surface area (Å²) < 4.78 is 0. The Balaban J connectivity index is 2.03. The number of aromatic nitrogens is 5. The van der Waals surface area contributed by atoms with Gasteiger partial charge in [0.25, 0.3) is 5.91 Å². The second-order valence-corrected chi connectivity index (χ2v) is 3.27. The lowest BCUT2D eigenvalue weighted by Gasteiger charge is -2.09. The van der Waals surface area contributed by atoms with Gasteiger partial charge in [0.15, 0.2) is 0 Å². The summed E-state index contributed by atoms with van der Waals surface area (Å²) in [6.07, 6.45) is 1.38. The summed E-state index contributed by atoms with van der Waals surface area (Å²) >= 11 is 0. The minimum absolute atomic E-state index is 0.264. The van der Waals surface area contributed by atoms with E-state index in [1.54, 1.807) is 6.92 Å². The zero-order chi connectivity index (χ0) is 11.5. The van der Waals surface area contributed by atoms with Gasteiger partial charge in [-0.2, -0.15) is 10.2 Å². The van der Waals surface area contributed by atoms with Crippen molar-refractivity contribution in [2.45, 2.75) is 13.0 Å². The van der Waals surface area contributed by atoms with Crippen LogP contribution in [-0.2, 0) is 0 Å². The van der Waals surface area contributed by atoms with Gasteiger partial charge in [0.2, 0.25) is 0 Å². The summed E-state index contributed by atoms with van der Waals surface area (Å²) in [6.45, 7) is 1.79. The Morgan fingerprint density at radius 3 is 2.94 bits per heavy atom. The van der Waals surface area contributed by atoms with Gasteiger partial charge < -0.3 is 11.1 Å². The van der Waals surface area contributed by atoms with E-state index in [9.17, 15) is 4.79 Å². The van der Waals surface area contributed by atoms with Crippen molar-refractivity contribution in [2.75, 3.05) is 5.73 Å². The number of nitrogens with one attached hydrogen (secondary N) is 3. The Morgan fingerprint density at radius 2 is 2.38 bits per heavy atom. The fourth-order valence-corrected chi connectivity index (χ4v) is 1.22. The van der Waals surface area contributed by atoms with Crippen molar-refractivity contribution in [3.8, 4) is 0 Å². The van der Waals surface area contributed by atoms with Gasteiger partial charge in [-0.05, 0) is 6.92 Å². The molecule has 0 aliphatic carbocycles. The molecule has 16 heavy (non-hydrogen) atoms. The number of carbonyl (C=O) groups is 1. The second-order valence-electron chi connectivity index (χ2n) is 3.27. The zero-order valence-corrected chi connectivity index (χ0v) is 8.56. The Morgan fingerprint density at radius 1 is 1.56 bits per heavy atom. The third kappa shape index (κ3) is 2.00. The van der Waals surface area contributed by atoms with Gasteiger partial charge in [0.05, 0.1) is 6.04 Å². The topological polar surface area (TPSA) is 125 Å². The highest BCUT2D eigenvalue weighted by atomic mass is 16.2. The van der Waals surface area contributed by atoms with E-state index >= 15 is 0 Å². The summed E-state index contributed by atoms with van der Waals surface area (Å²) in [7, 11) is 0. The molecule has 5 N–H and O–H groups in total. The number of hydrogen-bond acceptors (Lipinski definition) is 5. The summed E-state index contributed by atoms with van der Waals surface area (Å²) in [5, 5.41) is 15.3. The predicted octanol–water partition coefficient (Wildman–Crippen LogP) is -0.399. The van der Waals surface area contributed by atoms with E-state index in [2.05, 4.69) is 30.7 Å². The first kappa shape index (κ1) is 10.1. The highest BCUT2D eigenvalue weighted by Crippen LogP contribution is 2.06. The zero-order valence-electron chi connectivity index (χ0n) is 8.56. The molecule has 0 radical (unpaired) electrons. The standard InChI is InChI=1S/C8H11N7O/c1-4(7-10-3-11-15-7)12-8(16)5-2-6(9)14-13-5/h2-4H,1H3,(H,12,16)(H3,9,13,14)(H,10,11,15). The molecular weight excluding hydrogens is 210 g/mol. The lowest BCUT2D eigenvalue weighted by atomic mass is 10.3. The molecule has 1 unspecified atom stereocenters. The first-order chi connectivity index (χ1) is 7.66. The molecule has 0 aliphatic heterocycles. The molecule has 2 rings (SSSR count). The van der Waals surface area contributed by atoms with Gasteiger partial charge >= 0.3 is 0 Å². The molecule has 0 saturated heterocycles. The highest BCUT2D eigenvalue weighted by Gasteiger charge is 2.14. The van der Waals surface area contributed by atoms with E-state index in [1.165, 1.54) is 12.4 Å². The molecule has 1 amide bonds. The third-order valence-corrected chi connectivity index (χ3v) is 2.03. The molecule has 8 nitrogen and oxygen atoms in total. The maximum atomic E-state index is 11.7. The molecule has 0 spiro atoms. The van der Waals surface area contributed by atoms with Crippen LogP contribution in [-0.4, -0.2) is 31.3 Å². The fourth-order valence-electron chi connectivity index (χ4n) is 1.22. The number of aromatic amines is 2. The molecule has 2 aromatic heterocycles. The van der Waals surface area contributed by atoms with Crippen LogP contribution < -0.4 is 11.1 Å². The third-order valence-electron chi connectivity index (χ3n) is 2.03. The van der Waals surface area contributed by atoms with E-state index < -0.39 is 0 Å². The van der Waals surface area contributed by atoms with Gasteiger partial charge in [0.1, 0.15) is 23.7 Å². The van der Waals surface area contributed by atoms with Gasteiger partial charge in [0, 0.05) is 6.07 Å². The van der Waals surface area contributed by atoms with Crippen LogP contribution in [0, 0.1) is 0 Å². The number of H-pyrrole nitrogens is 2. The van der Waals surface area contributed by atoms with Crippen molar-refractivity contribution in [2.24, 2.45) is 0 Å². The number of anilines is 1. The monoisotopic (exact) mass is 221 g/mol. The molecule has 0 fully saturated rings. The average Bonchev–Trinajstić information content (AvgIpc) is 2.87.